The van der Waals surface area contributed by atoms with Crippen molar-refractivity contribution in [3.05, 3.63) is 310 Å². The number of benzene rings is 13. The van der Waals surface area contributed by atoms with Crippen molar-refractivity contribution in [2.24, 2.45) is 0 Å². The quantitative estimate of drug-likeness (QED) is 0.133. The fraction of sp³-hybridized carbons (Fsp3) is 0.339. The van der Waals surface area contributed by atoms with E-state index in [1.807, 2.05) is 110 Å². The van der Waals surface area contributed by atoms with Crippen LogP contribution in [0.15, 0.2) is 254 Å². The predicted octanol–water partition coefficient (Wildman–Crippen LogP) is 31.8. The van der Waals surface area contributed by atoms with Crippen LogP contribution in [0.5, 0.6) is 0 Å². The summed E-state index contributed by atoms with van der Waals surface area (Å²) in [4.78, 5) is 4.02. The molecule has 122 heavy (non-hydrogen) atoms. The highest BCUT2D eigenvalue weighted by molar-refractivity contribution is 7.00. The molecule has 0 aliphatic carbocycles. The van der Waals surface area contributed by atoms with Crippen molar-refractivity contribution in [1.29, 1.82) is 0 Å². The van der Waals surface area contributed by atoms with Crippen LogP contribution in [0.2, 0.25) is 0 Å². The highest BCUT2D eigenvalue weighted by atomic mass is 15.2. The van der Waals surface area contributed by atoms with E-state index < -0.39 is 170 Å². The van der Waals surface area contributed by atoms with Crippen molar-refractivity contribution < 1.29 is 30.2 Å². The maximum absolute atomic E-state index is 11.9. The number of aromatic nitrogens is 1. The van der Waals surface area contributed by atoms with Gasteiger partial charge in [-0.25, -0.2) is 0 Å². The number of rotatable bonds is 9. The zero-order chi connectivity index (χ0) is 107. The Balaban J connectivity index is 1.32. The molecule has 2 aliphatic rings. The molecule has 0 saturated carbocycles. The van der Waals surface area contributed by atoms with Crippen molar-refractivity contribution in [3.63, 3.8) is 0 Å². The molecular formula is C118H132BN3. The van der Waals surface area contributed by atoms with Crippen molar-refractivity contribution in [2.45, 2.75) is 262 Å². The van der Waals surface area contributed by atoms with Gasteiger partial charge in [-0.15, -0.1) is 0 Å². The highest BCUT2D eigenvalue weighted by Gasteiger charge is 2.47. The maximum atomic E-state index is 11.9. The summed E-state index contributed by atoms with van der Waals surface area (Å²) in [5.74, 6) is 0. The molecule has 16 rings (SSSR count). The molecular weight excluding hydrogens is 1470 g/mol. The average Bonchev–Trinajstić information content (AvgIpc) is 1.19. The van der Waals surface area contributed by atoms with E-state index in [9.17, 15) is 28.8 Å². The Bertz CT molecular complexity index is 7680. The monoisotopic (exact) mass is 1620 g/mol. The van der Waals surface area contributed by atoms with Gasteiger partial charge in [0.1, 0.15) is 0 Å². The summed E-state index contributed by atoms with van der Waals surface area (Å²) in [5.41, 5.74) is 4.06. The second kappa shape index (κ2) is 29.5. The Morgan fingerprint density at radius 1 is 0.246 bits per heavy atom. The highest BCUT2D eigenvalue weighted by Crippen LogP contribution is 2.58. The van der Waals surface area contributed by atoms with E-state index in [0.29, 0.717) is 44.5 Å². The van der Waals surface area contributed by atoms with Gasteiger partial charge in [-0.3, -0.25) is 0 Å². The van der Waals surface area contributed by atoms with Crippen LogP contribution < -0.4 is 26.2 Å². The van der Waals surface area contributed by atoms with Crippen LogP contribution in [0.1, 0.15) is 294 Å². The number of anilines is 6. The Hall–Kier alpha value is -10.7. The first-order valence-electron chi connectivity index (χ1n) is 54.2. The minimum absolute atomic E-state index is 0.0151. The van der Waals surface area contributed by atoms with Gasteiger partial charge in [0.05, 0.1) is 58.3 Å². The molecule has 0 spiro atoms. The van der Waals surface area contributed by atoms with E-state index in [0.717, 1.165) is 50.1 Å². The van der Waals surface area contributed by atoms with Crippen LogP contribution in [-0.4, -0.2) is 11.3 Å². The van der Waals surface area contributed by atoms with E-state index in [2.05, 4.69) is 196 Å². The van der Waals surface area contributed by atoms with E-state index in [1.54, 1.807) is 32.9 Å². The first-order valence-corrected chi connectivity index (χ1v) is 43.2. The number of hydrogen-bond acceptors (Lipinski definition) is 2. The van der Waals surface area contributed by atoms with Gasteiger partial charge in [0.15, 0.2) is 0 Å². The van der Waals surface area contributed by atoms with Crippen LogP contribution in [0.3, 0.4) is 0 Å². The molecule has 3 heterocycles. The summed E-state index contributed by atoms with van der Waals surface area (Å²) < 4.78 is 230. The van der Waals surface area contributed by atoms with Gasteiger partial charge in [0.2, 0.25) is 0 Å². The van der Waals surface area contributed by atoms with Crippen molar-refractivity contribution in [2.75, 3.05) is 9.80 Å². The molecule has 0 N–H and O–H groups in total. The predicted molar refractivity (Wildman–Crippen MR) is 534 cm³/mol. The van der Waals surface area contributed by atoms with Crippen LogP contribution in [0.4, 0.5) is 34.1 Å². The maximum Gasteiger partial charge on any atom is 0.252 e. The lowest BCUT2D eigenvalue weighted by Crippen LogP contribution is -2.61. The van der Waals surface area contributed by atoms with Crippen molar-refractivity contribution >= 4 is 79.0 Å². The zero-order valence-electron chi connectivity index (χ0n) is 99.5. The number of nitrogens with zero attached hydrogens (tertiary/aromatic N) is 3. The molecule has 2 aliphatic heterocycles. The van der Waals surface area contributed by atoms with Gasteiger partial charge < -0.3 is 14.4 Å². The Morgan fingerprint density at radius 2 is 0.648 bits per heavy atom. The summed E-state index contributed by atoms with van der Waals surface area (Å²) in [5, 5.41) is -0.519. The van der Waals surface area contributed by atoms with Crippen molar-refractivity contribution in [1.82, 2.24) is 4.57 Å². The van der Waals surface area contributed by atoms with E-state index in [-0.39, 0.29) is 130 Å². The molecule has 1 aromatic heterocycles. The number of para-hydroxylation sites is 2. The normalized spacial score (nSPS) is 16.3. The molecule has 0 bridgehead atoms. The van der Waals surface area contributed by atoms with E-state index in [1.165, 1.54) is 4.57 Å². The molecule has 0 atom stereocenters. The van der Waals surface area contributed by atoms with E-state index >= 15 is 0 Å². The van der Waals surface area contributed by atoms with E-state index in [4.69, 9.17) is 1.37 Å². The molecule has 13 aromatic carbocycles. The van der Waals surface area contributed by atoms with Crippen LogP contribution >= 0.6 is 0 Å². The summed E-state index contributed by atoms with van der Waals surface area (Å²) in [7, 11) is 0. The Labute approximate surface area is 764 Å². The molecule has 14 aromatic rings. The Kier molecular flexibility index (Phi) is 14.9. The molecule has 0 saturated heterocycles. The van der Waals surface area contributed by atoms with Crippen molar-refractivity contribution in [3.8, 4) is 72.4 Å². The topological polar surface area (TPSA) is 11.4 Å². The first-order chi connectivity index (χ1) is 66.0. The van der Waals surface area contributed by atoms with Gasteiger partial charge in [-0.2, -0.15) is 0 Å². The third-order valence-corrected chi connectivity index (χ3v) is 24.5. The third kappa shape index (κ3) is 15.5. The lowest BCUT2D eigenvalue weighted by Gasteiger charge is -2.46. The standard InChI is InChI=1S/C118H132BN3/c1-109(2,3)79-52-48-74(49-53-79)91-67-85(115(19,20)21)70-95(93-66-80(110(4,5)6)54-55-97(93)118(28,29)30)107(91)121-103-63-76(77-58-81(111(7,8)9)64-82(59-77)112(10,11)12)51-57-99(103)119-98-56-50-75(73-40-32-31-33-41-73)62-102(98)122(105-72-87(71-104(121)106(105)119)120-100-46-38-35-43-89(100)90-44-36-39-47-101(90)120)108-92(78-60-83(113(13,14)15)65-84(61-78)114(16,17)18)68-86(116(22,23)24)69-94(108)88-42-34-37-45-96(88)117(25,26)27/h31-72H,1-30H3/i31D,32D,33D,35D,36D,38D,39D,40D,41D,43D,44D,46D,47D,48D,49D,52D,53D,54D,55D,66D,67D,70D. The zero-order valence-corrected chi connectivity index (χ0v) is 77.5. The number of hydrogen-bond donors (Lipinski definition) is 0. The molecule has 622 valence electrons. The molecule has 0 unspecified atom stereocenters. The average molecular weight is 1630 g/mol. The summed E-state index contributed by atoms with van der Waals surface area (Å²) in [6.45, 7) is 59.9. The Morgan fingerprint density at radius 3 is 1.12 bits per heavy atom. The largest absolute Gasteiger partial charge is 0.310 e. The molecule has 4 heteroatoms. The van der Waals surface area contributed by atoms with Crippen LogP contribution in [-0.2, 0) is 54.1 Å². The molecule has 0 amide bonds. The van der Waals surface area contributed by atoms with Gasteiger partial charge in [-0.1, -0.05) is 401 Å². The molecule has 0 fully saturated rings. The fourth-order valence-electron chi connectivity index (χ4n) is 17.2. The van der Waals surface area contributed by atoms with Gasteiger partial charge >= 0.3 is 0 Å². The summed E-state index contributed by atoms with van der Waals surface area (Å²) >= 11 is 0. The second-order valence-corrected chi connectivity index (χ2v) is 44.4. The first kappa shape index (κ1) is 61.6. The minimum atomic E-state index is -1.27. The lowest BCUT2D eigenvalue weighted by atomic mass is 9.33. The number of fused-ring (bicyclic) bond motifs is 7. The second-order valence-electron chi connectivity index (χ2n) is 44.4. The molecule has 3 nitrogen and oxygen atoms in total. The van der Waals surface area contributed by atoms with Gasteiger partial charge in [0.25, 0.3) is 6.71 Å². The molecule has 0 radical (unpaired) electrons. The fourth-order valence-corrected chi connectivity index (χ4v) is 17.2. The third-order valence-electron chi connectivity index (χ3n) is 24.5. The van der Waals surface area contributed by atoms with Gasteiger partial charge in [0, 0.05) is 55.8 Å². The van der Waals surface area contributed by atoms with Crippen LogP contribution in [0, 0.1) is 0 Å². The SMILES string of the molecule is [2H]c1c([2H])c([2H])c(-c2ccc3c(c2)N(c2c(-c4cc(C(C)(C)C)cc(C(C)(C)C)c4)cc(C(C)(C)C)cc2-c2ccccc2C(C)(C)C)c2cc(-n4c5c([2H])c([2H])c([2H])c([2H])c5c5c([2H])c([2H])c([2H])c([2H])c54)cc4c2B3c2ccc(-c3cc(C(C)(C)C)cc(C(C)(C)C)c3)cc2N4c2c(-c3c([2H])c([2H])c(C(C)(C)C)c([2H])c3[2H])c([2H])c(C(C)(C)C)c([2H])c2-c2c([2H])c(C(C)(C)C)c([2H])c([2H])c2C(C)(C)C)c([2H])c1[2H]. The minimum Gasteiger partial charge on any atom is -0.310 e. The summed E-state index contributed by atoms with van der Waals surface area (Å²) in [6, 6.07) is 29.6. The lowest BCUT2D eigenvalue weighted by molar-refractivity contribution is 0.568. The smallest absolute Gasteiger partial charge is 0.252 e. The summed E-state index contributed by atoms with van der Waals surface area (Å²) in [6.07, 6.45) is 0. The van der Waals surface area contributed by atoms with Crippen LogP contribution in [0.25, 0.3) is 94.3 Å². The van der Waals surface area contributed by atoms with Gasteiger partial charge in [-0.05, 0) is 231 Å².